The first-order valence-electron chi connectivity index (χ1n) is 6.44. The number of para-hydroxylation sites is 1. The topological polar surface area (TPSA) is 78.8 Å². The van der Waals surface area contributed by atoms with E-state index in [-0.39, 0.29) is 6.04 Å². The van der Waals surface area contributed by atoms with Crippen LogP contribution in [0.2, 0.25) is 0 Å². The summed E-state index contributed by atoms with van der Waals surface area (Å²) in [6, 6.07) is 9.99. The Bertz CT molecular complexity index is 613. The second-order valence-corrected chi connectivity index (χ2v) is 4.79. The number of hydrogen-bond donors (Lipinski definition) is 1. The van der Waals surface area contributed by atoms with Crippen molar-refractivity contribution in [2.24, 2.45) is 0 Å². The van der Waals surface area contributed by atoms with Gasteiger partial charge in [-0.25, -0.2) is 9.97 Å². The van der Waals surface area contributed by atoms with Gasteiger partial charge in [0.05, 0.1) is 12.4 Å². The Morgan fingerprint density at radius 3 is 2.55 bits per heavy atom. The maximum atomic E-state index is 8.77. The van der Waals surface area contributed by atoms with Gasteiger partial charge in [0.25, 0.3) is 0 Å². The molecule has 0 aliphatic rings. The van der Waals surface area contributed by atoms with Crippen LogP contribution in [-0.2, 0) is 6.54 Å². The van der Waals surface area contributed by atoms with Crippen LogP contribution in [0.1, 0.15) is 25.1 Å². The molecule has 1 aromatic carbocycles. The largest absolute Gasteiger partial charge is 0.398 e. The van der Waals surface area contributed by atoms with Crippen LogP contribution in [0.4, 0.5) is 11.5 Å². The molecule has 0 amide bonds. The predicted molar refractivity (Wildman–Crippen MR) is 78.9 cm³/mol. The molecule has 0 saturated heterocycles. The highest BCUT2D eigenvalue weighted by Gasteiger charge is 2.14. The first-order valence-corrected chi connectivity index (χ1v) is 6.44. The van der Waals surface area contributed by atoms with E-state index in [1.54, 1.807) is 6.20 Å². The fourth-order valence-electron chi connectivity index (χ4n) is 1.92. The molecule has 20 heavy (non-hydrogen) atoms. The normalized spacial score (nSPS) is 10.3. The quantitative estimate of drug-likeness (QED) is 0.860. The van der Waals surface area contributed by atoms with E-state index in [1.807, 2.05) is 30.3 Å². The maximum absolute atomic E-state index is 8.77. The lowest BCUT2D eigenvalue weighted by Crippen LogP contribution is -2.31. The Morgan fingerprint density at radius 2 is 2.00 bits per heavy atom. The number of benzene rings is 1. The SMILES string of the molecule is CC(C)N(Cc1ccccc1N)c1cnc(C#N)cn1. The molecule has 2 aromatic rings. The lowest BCUT2D eigenvalue weighted by atomic mass is 10.1. The highest BCUT2D eigenvalue weighted by molar-refractivity contribution is 5.49. The van der Waals surface area contributed by atoms with Gasteiger partial charge in [-0.05, 0) is 25.5 Å². The Labute approximate surface area is 118 Å². The molecule has 0 unspecified atom stereocenters. The van der Waals surface area contributed by atoms with Gasteiger partial charge in [0.2, 0.25) is 0 Å². The van der Waals surface area contributed by atoms with Gasteiger partial charge in [0, 0.05) is 18.3 Å². The monoisotopic (exact) mass is 267 g/mol. The summed E-state index contributed by atoms with van der Waals surface area (Å²) in [6.07, 6.45) is 3.11. The first kappa shape index (κ1) is 13.8. The summed E-state index contributed by atoms with van der Waals surface area (Å²) in [5.41, 5.74) is 8.12. The van der Waals surface area contributed by atoms with Crippen molar-refractivity contribution in [1.82, 2.24) is 9.97 Å². The number of nitrogens with zero attached hydrogens (tertiary/aromatic N) is 4. The van der Waals surface area contributed by atoms with Crippen LogP contribution < -0.4 is 10.6 Å². The molecule has 1 aromatic heterocycles. The number of hydrogen-bond acceptors (Lipinski definition) is 5. The Morgan fingerprint density at radius 1 is 1.25 bits per heavy atom. The Hall–Kier alpha value is -2.61. The summed E-state index contributed by atoms with van der Waals surface area (Å²) in [6.45, 7) is 4.82. The van der Waals surface area contributed by atoms with E-state index in [1.165, 1.54) is 6.20 Å². The highest BCUT2D eigenvalue weighted by Crippen LogP contribution is 2.20. The molecular weight excluding hydrogens is 250 g/mol. The molecule has 1 heterocycles. The van der Waals surface area contributed by atoms with E-state index >= 15 is 0 Å². The number of nitriles is 1. The Kier molecular flexibility index (Phi) is 4.16. The fraction of sp³-hybridized carbons (Fsp3) is 0.267. The van der Waals surface area contributed by atoms with E-state index in [0.717, 1.165) is 17.1 Å². The zero-order valence-corrected chi connectivity index (χ0v) is 11.6. The van der Waals surface area contributed by atoms with E-state index in [4.69, 9.17) is 11.0 Å². The summed E-state index contributed by atoms with van der Waals surface area (Å²) in [5, 5.41) is 8.77. The van der Waals surface area contributed by atoms with Gasteiger partial charge >= 0.3 is 0 Å². The molecule has 2 rings (SSSR count). The van der Waals surface area contributed by atoms with Gasteiger partial charge in [-0.2, -0.15) is 5.26 Å². The minimum absolute atomic E-state index is 0.247. The lowest BCUT2D eigenvalue weighted by Gasteiger charge is -2.28. The number of rotatable bonds is 4. The van der Waals surface area contributed by atoms with Crippen molar-refractivity contribution in [2.45, 2.75) is 26.4 Å². The molecule has 5 nitrogen and oxygen atoms in total. The molecule has 0 spiro atoms. The van der Waals surface area contributed by atoms with E-state index in [2.05, 4.69) is 28.7 Å². The number of nitrogens with two attached hydrogens (primary N) is 1. The zero-order chi connectivity index (χ0) is 14.5. The van der Waals surface area contributed by atoms with Crippen molar-refractivity contribution in [3.05, 3.63) is 47.9 Å². The summed E-state index contributed by atoms with van der Waals surface area (Å²) in [5.74, 6) is 0.738. The van der Waals surface area contributed by atoms with Crippen LogP contribution in [-0.4, -0.2) is 16.0 Å². The summed E-state index contributed by atoms with van der Waals surface area (Å²) in [7, 11) is 0. The molecule has 0 radical (unpaired) electrons. The van der Waals surface area contributed by atoms with Crippen LogP contribution in [0.5, 0.6) is 0 Å². The van der Waals surface area contributed by atoms with E-state index in [0.29, 0.717) is 12.2 Å². The third kappa shape index (κ3) is 3.04. The fourth-order valence-corrected chi connectivity index (χ4v) is 1.92. The highest BCUT2D eigenvalue weighted by atomic mass is 15.2. The second-order valence-electron chi connectivity index (χ2n) is 4.79. The van der Waals surface area contributed by atoms with Crippen LogP contribution in [0.25, 0.3) is 0 Å². The summed E-state index contributed by atoms with van der Waals surface area (Å²) < 4.78 is 0. The molecule has 102 valence electrons. The summed E-state index contributed by atoms with van der Waals surface area (Å²) >= 11 is 0. The maximum Gasteiger partial charge on any atom is 0.158 e. The van der Waals surface area contributed by atoms with Gasteiger partial charge in [-0.3, -0.25) is 0 Å². The van der Waals surface area contributed by atoms with Crippen LogP contribution in [0.15, 0.2) is 36.7 Å². The van der Waals surface area contributed by atoms with Crippen molar-refractivity contribution in [1.29, 1.82) is 5.26 Å². The average Bonchev–Trinajstić information content (AvgIpc) is 2.46. The van der Waals surface area contributed by atoms with Gasteiger partial charge in [0.1, 0.15) is 11.9 Å². The van der Waals surface area contributed by atoms with Gasteiger partial charge < -0.3 is 10.6 Å². The van der Waals surface area contributed by atoms with Gasteiger partial charge in [-0.15, -0.1) is 0 Å². The molecule has 0 aliphatic heterocycles. The minimum atomic E-state index is 0.247. The third-order valence-electron chi connectivity index (χ3n) is 3.07. The molecule has 0 atom stereocenters. The standard InChI is InChI=1S/C15H17N5/c1-11(2)20(10-12-5-3-4-6-14(12)17)15-9-18-13(7-16)8-19-15/h3-6,8-9,11H,10,17H2,1-2H3. The van der Waals surface area contributed by atoms with Crippen LogP contribution in [0.3, 0.4) is 0 Å². The zero-order valence-electron chi connectivity index (χ0n) is 11.6. The van der Waals surface area contributed by atoms with Crippen LogP contribution in [0, 0.1) is 11.3 Å². The molecule has 0 bridgehead atoms. The molecule has 0 saturated carbocycles. The summed E-state index contributed by atoms with van der Waals surface area (Å²) in [4.78, 5) is 10.5. The Balaban J connectivity index is 2.27. The molecule has 2 N–H and O–H groups in total. The van der Waals surface area contributed by atoms with Gasteiger partial charge in [-0.1, -0.05) is 18.2 Å². The third-order valence-corrected chi connectivity index (χ3v) is 3.07. The number of anilines is 2. The van der Waals surface area contributed by atoms with Crippen molar-refractivity contribution >= 4 is 11.5 Å². The smallest absolute Gasteiger partial charge is 0.158 e. The molecule has 0 aliphatic carbocycles. The van der Waals surface area contributed by atoms with E-state index < -0.39 is 0 Å². The lowest BCUT2D eigenvalue weighted by molar-refractivity contribution is 0.671. The average molecular weight is 267 g/mol. The van der Waals surface area contributed by atoms with Crippen molar-refractivity contribution in [3.8, 4) is 6.07 Å². The van der Waals surface area contributed by atoms with Gasteiger partial charge in [0.15, 0.2) is 5.69 Å². The number of aromatic nitrogens is 2. The first-order chi connectivity index (χ1) is 9.61. The molecule has 0 fully saturated rings. The van der Waals surface area contributed by atoms with Crippen molar-refractivity contribution < 1.29 is 0 Å². The molecule has 5 heteroatoms. The minimum Gasteiger partial charge on any atom is -0.398 e. The van der Waals surface area contributed by atoms with Crippen LogP contribution >= 0.6 is 0 Å². The second kappa shape index (κ2) is 6.02. The van der Waals surface area contributed by atoms with Crippen molar-refractivity contribution in [2.75, 3.05) is 10.6 Å². The van der Waals surface area contributed by atoms with Crippen molar-refractivity contribution in [3.63, 3.8) is 0 Å². The van der Waals surface area contributed by atoms with E-state index in [9.17, 15) is 0 Å². The molecular formula is C15H17N5. The predicted octanol–water partition coefficient (Wildman–Crippen LogP) is 2.35. The number of nitrogen functional groups attached to an aromatic ring is 1.